The largest absolute Gasteiger partial charge is 0.478 e. The van der Waals surface area contributed by atoms with Gasteiger partial charge >= 0.3 is 5.97 Å². The lowest BCUT2D eigenvalue weighted by Gasteiger charge is -2.20. The van der Waals surface area contributed by atoms with E-state index in [0.717, 1.165) is 11.3 Å². The molecule has 1 aromatic heterocycles. The van der Waals surface area contributed by atoms with Gasteiger partial charge in [0.1, 0.15) is 5.00 Å². The molecule has 130 valence electrons. The minimum atomic E-state index is -1.04. The van der Waals surface area contributed by atoms with Crippen molar-refractivity contribution in [3.8, 4) is 0 Å². The number of thiophene rings is 1. The van der Waals surface area contributed by atoms with Crippen LogP contribution in [0.1, 0.15) is 22.2 Å². The number of amides is 1. The summed E-state index contributed by atoms with van der Waals surface area (Å²) in [6.45, 7) is 4.32. The van der Waals surface area contributed by atoms with E-state index in [4.69, 9.17) is 9.47 Å². The third-order valence-corrected chi connectivity index (χ3v) is 4.40. The Balaban J connectivity index is 2.69. The fraction of sp³-hybridized carbons (Fsp3) is 0.600. The van der Waals surface area contributed by atoms with Crippen LogP contribution in [0.2, 0.25) is 0 Å². The van der Waals surface area contributed by atoms with Crippen LogP contribution >= 0.6 is 11.3 Å². The summed E-state index contributed by atoms with van der Waals surface area (Å²) in [4.78, 5) is 26.3. The summed E-state index contributed by atoms with van der Waals surface area (Å²) in [5.74, 6) is -1.28. The maximum atomic E-state index is 12.2. The minimum Gasteiger partial charge on any atom is -0.478 e. The van der Waals surface area contributed by atoms with Gasteiger partial charge in [-0.05, 0) is 12.5 Å². The minimum absolute atomic E-state index is 0.139. The fourth-order valence-corrected chi connectivity index (χ4v) is 2.95. The maximum Gasteiger partial charge on any atom is 0.338 e. The van der Waals surface area contributed by atoms with E-state index in [-0.39, 0.29) is 18.0 Å². The number of carbonyl (C=O) groups excluding carboxylic acids is 1. The molecule has 0 spiro atoms. The topological polar surface area (TPSA) is 88.1 Å². The molecule has 1 heterocycles. The van der Waals surface area contributed by atoms with Crippen LogP contribution in [0.15, 0.2) is 6.07 Å². The van der Waals surface area contributed by atoms with Crippen LogP contribution in [0.5, 0.6) is 0 Å². The number of methoxy groups -OCH3 is 2. The summed E-state index contributed by atoms with van der Waals surface area (Å²) >= 11 is 1.30. The molecule has 0 aliphatic carbocycles. The molecule has 0 aliphatic rings. The maximum absolute atomic E-state index is 12.2. The number of aromatic carboxylic acids is 1. The second kappa shape index (κ2) is 10.3. The molecule has 0 radical (unpaired) electrons. The van der Waals surface area contributed by atoms with Crippen LogP contribution < -0.4 is 5.32 Å². The van der Waals surface area contributed by atoms with Crippen LogP contribution in [0.3, 0.4) is 0 Å². The third-order valence-electron chi connectivity index (χ3n) is 3.21. The number of hydrogen-bond donors (Lipinski definition) is 2. The molecule has 0 saturated carbocycles. The molecule has 8 heteroatoms. The first-order valence-corrected chi connectivity index (χ1v) is 8.19. The molecule has 7 nitrogen and oxygen atoms in total. The predicted octanol–water partition coefficient (Wildman–Crippen LogP) is 1.54. The highest BCUT2D eigenvalue weighted by molar-refractivity contribution is 7.16. The van der Waals surface area contributed by atoms with Gasteiger partial charge in [-0.1, -0.05) is 6.92 Å². The Kier molecular flexibility index (Phi) is 8.78. The van der Waals surface area contributed by atoms with Gasteiger partial charge in [0, 0.05) is 32.2 Å². The van der Waals surface area contributed by atoms with E-state index in [1.165, 1.54) is 11.3 Å². The van der Waals surface area contributed by atoms with Gasteiger partial charge in [0.2, 0.25) is 5.91 Å². The molecule has 1 amide bonds. The van der Waals surface area contributed by atoms with E-state index in [9.17, 15) is 14.7 Å². The highest BCUT2D eigenvalue weighted by Crippen LogP contribution is 2.28. The summed E-state index contributed by atoms with van der Waals surface area (Å²) in [6, 6.07) is 1.61. The Bertz CT molecular complexity index is 510. The Morgan fingerprint density at radius 1 is 1.26 bits per heavy atom. The van der Waals surface area contributed by atoms with Gasteiger partial charge in [-0.15, -0.1) is 11.3 Å². The van der Waals surface area contributed by atoms with E-state index >= 15 is 0 Å². The van der Waals surface area contributed by atoms with E-state index < -0.39 is 5.97 Å². The number of nitrogens with one attached hydrogen (secondary N) is 1. The number of carboxylic acid groups (broad SMARTS) is 1. The molecule has 0 fully saturated rings. The van der Waals surface area contributed by atoms with Crippen molar-refractivity contribution in [3.05, 3.63) is 16.5 Å². The molecule has 0 unspecified atom stereocenters. The van der Waals surface area contributed by atoms with Crippen molar-refractivity contribution < 1.29 is 24.2 Å². The first-order chi connectivity index (χ1) is 11.0. The molecule has 0 atom stereocenters. The number of rotatable bonds is 11. The van der Waals surface area contributed by atoms with Gasteiger partial charge in [0.25, 0.3) is 0 Å². The van der Waals surface area contributed by atoms with Crippen molar-refractivity contribution >= 4 is 28.2 Å². The first kappa shape index (κ1) is 19.6. The van der Waals surface area contributed by atoms with Crippen LogP contribution in [0.4, 0.5) is 5.00 Å². The molecular formula is C15H24N2O5S. The summed E-state index contributed by atoms with van der Waals surface area (Å²) in [5, 5.41) is 12.3. The molecule has 2 N–H and O–H groups in total. The zero-order valence-corrected chi connectivity index (χ0v) is 14.6. The van der Waals surface area contributed by atoms with E-state index in [2.05, 4.69) is 5.32 Å². The quantitative estimate of drug-likeness (QED) is 0.633. The Morgan fingerprint density at radius 2 is 1.87 bits per heavy atom. The monoisotopic (exact) mass is 344 g/mol. The number of carboxylic acids is 1. The van der Waals surface area contributed by atoms with E-state index in [0.29, 0.717) is 31.3 Å². The van der Waals surface area contributed by atoms with Crippen LogP contribution in [0, 0.1) is 0 Å². The average Bonchev–Trinajstić information content (AvgIpc) is 2.93. The molecule has 1 aromatic rings. The van der Waals surface area contributed by atoms with Gasteiger partial charge in [-0.3, -0.25) is 9.69 Å². The van der Waals surface area contributed by atoms with Crippen molar-refractivity contribution in [2.24, 2.45) is 0 Å². The van der Waals surface area contributed by atoms with Crippen LogP contribution in [-0.2, 0) is 20.7 Å². The summed E-state index contributed by atoms with van der Waals surface area (Å²) in [6.07, 6.45) is 0.731. The fourth-order valence-electron chi connectivity index (χ4n) is 1.95. The van der Waals surface area contributed by atoms with Gasteiger partial charge < -0.3 is 19.9 Å². The first-order valence-electron chi connectivity index (χ1n) is 7.37. The number of aryl methyl sites for hydroxylation is 1. The van der Waals surface area contributed by atoms with Gasteiger partial charge in [-0.2, -0.15) is 0 Å². The van der Waals surface area contributed by atoms with Crippen molar-refractivity contribution in [1.82, 2.24) is 4.90 Å². The Morgan fingerprint density at radius 3 is 2.35 bits per heavy atom. The Hall–Kier alpha value is -1.48. The molecule has 1 rings (SSSR count). The van der Waals surface area contributed by atoms with E-state index in [1.54, 1.807) is 20.3 Å². The molecule has 0 saturated heterocycles. The number of ether oxygens (including phenoxy) is 2. The smallest absolute Gasteiger partial charge is 0.338 e. The predicted molar refractivity (Wildman–Crippen MR) is 89.5 cm³/mol. The molecule has 0 bridgehead atoms. The normalized spacial score (nSPS) is 11.0. The third kappa shape index (κ3) is 6.66. The second-order valence-corrected chi connectivity index (χ2v) is 6.06. The lowest BCUT2D eigenvalue weighted by molar-refractivity contribution is -0.117. The summed E-state index contributed by atoms with van der Waals surface area (Å²) < 4.78 is 10.1. The number of nitrogens with zero attached hydrogens (tertiary/aromatic N) is 1. The molecular weight excluding hydrogens is 320 g/mol. The molecule has 0 aromatic carbocycles. The molecule has 0 aliphatic heterocycles. The number of carbonyl (C=O) groups is 2. The summed E-state index contributed by atoms with van der Waals surface area (Å²) in [5.41, 5.74) is 0.139. The number of hydrogen-bond acceptors (Lipinski definition) is 6. The lowest BCUT2D eigenvalue weighted by atomic mass is 10.2. The average molecular weight is 344 g/mol. The SMILES string of the molecule is CCc1cc(C(=O)O)c(NC(=O)CN(CCOC)CCOC)s1. The Labute approximate surface area is 140 Å². The van der Waals surface area contributed by atoms with Gasteiger partial charge in [0.15, 0.2) is 0 Å². The highest BCUT2D eigenvalue weighted by atomic mass is 32.1. The standard InChI is InChI=1S/C15H24N2O5S/c1-4-11-9-12(15(19)20)14(23-11)16-13(18)10-17(5-7-21-2)6-8-22-3/h9H,4-8,10H2,1-3H3,(H,16,18)(H,19,20). The zero-order chi connectivity index (χ0) is 17.2. The number of anilines is 1. The van der Waals surface area contributed by atoms with Crippen LogP contribution in [-0.4, -0.2) is 69.0 Å². The van der Waals surface area contributed by atoms with Crippen molar-refractivity contribution in [2.45, 2.75) is 13.3 Å². The summed E-state index contributed by atoms with van der Waals surface area (Å²) in [7, 11) is 3.21. The van der Waals surface area contributed by atoms with Gasteiger partial charge in [-0.25, -0.2) is 4.79 Å². The second-order valence-electron chi connectivity index (χ2n) is 4.92. The highest BCUT2D eigenvalue weighted by Gasteiger charge is 2.18. The van der Waals surface area contributed by atoms with E-state index in [1.807, 2.05) is 11.8 Å². The van der Waals surface area contributed by atoms with Crippen molar-refractivity contribution in [1.29, 1.82) is 0 Å². The van der Waals surface area contributed by atoms with Crippen molar-refractivity contribution in [2.75, 3.05) is 52.4 Å². The van der Waals surface area contributed by atoms with Crippen molar-refractivity contribution in [3.63, 3.8) is 0 Å². The molecule has 23 heavy (non-hydrogen) atoms. The van der Waals surface area contributed by atoms with Crippen LogP contribution in [0.25, 0.3) is 0 Å². The lowest BCUT2D eigenvalue weighted by Crippen LogP contribution is -2.37. The zero-order valence-electron chi connectivity index (χ0n) is 13.8. The van der Waals surface area contributed by atoms with Gasteiger partial charge in [0.05, 0.1) is 25.3 Å².